The van der Waals surface area contributed by atoms with Crippen LogP contribution in [-0.2, 0) is 19.1 Å². The molecule has 4 N–H and O–H groups in total. The van der Waals surface area contributed by atoms with E-state index in [1.807, 2.05) is 12.1 Å². The molecule has 10 heteroatoms. The summed E-state index contributed by atoms with van der Waals surface area (Å²) < 4.78 is 9.81. The number of likely N-dealkylation sites (N-methyl/N-ethyl adjacent to an activating group) is 2. The first kappa shape index (κ1) is 28.0. The first-order chi connectivity index (χ1) is 16.3. The second-order valence-electron chi connectivity index (χ2n) is 6.87. The van der Waals surface area contributed by atoms with Crippen molar-refractivity contribution in [1.29, 1.82) is 0 Å². The highest BCUT2D eigenvalue weighted by Gasteiger charge is 2.17. The zero-order valence-corrected chi connectivity index (χ0v) is 19.8. The van der Waals surface area contributed by atoms with Crippen LogP contribution in [0.5, 0.6) is 0 Å². The summed E-state index contributed by atoms with van der Waals surface area (Å²) in [6.45, 7) is 7.66. The zero-order chi connectivity index (χ0) is 25.3. The van der Waals surface area contributed by atoms with E-state index in [0.29, 0.717) is 24.5 Å². The molecule has 34 heavy (non-hydrogen) atoms. The number of hydrogen-bond donors (Lipinski definition) is 4. The topological polar surface area (TPSA) is 135 Å². The number of anilines is 2. The van der Waals surface area contributed by atoms with Crippen molar-refractivity contribution in [2.24, 2.45) is 0 Å². The van der Waals surface area contributed by atoms with Crippen molar-refractivity contribution < 1.29 is 28.7 Å². The van der Waals surface area contributed by atoms with Gasteiger partial charge in [0.1, 0.15) is 0 Å². The average Bonchev–Trinajstić information content (AvgIpc) is 2.81. The fourth-order valence-corrected chi connectivity index (χ4v) is 2.40. The predicted octanol–water partition coefficient (Wildman–Crippen LogP) is 3.52. The van der Waals surface area contributed by atoms with Gasteiger partial charge in [-0.2, -0.15) is 0 Å². The Labute approximate surface area is 199 Å². The standard InChI is InChI=1S/2C12H16N2O3/c2*1-3-13-11(15)9(2)17-12(16)14-10-7-5-4-6-8-10/h2*4-9H,3H2,1-2H3,(H,13,15)(H,14,16). The van der Waals surface area contributed by atoms with E-state index in [0.717, 1.165) is 0 Å². The van der Waals surface area contributed by atoms with Crippen molar-refractivity contribution in [3.05, 3.63) is 60.7 Å². The van der Waals surface area contributed by atoms with Crippen molar-refractivity contribution in [2.45, 2.75) is 39.9 Å². The van der Waals surface area contributed by atoms with E-state index in [4.69, 9.17) is 9.47 Å². The first-order valence-electron chi connectivity index (χ1n) is 10.9. The number of carbonyl (C=O) groups excluding carboxylic acids is 4. The highest BCUT2D eigenvalue weighted by atomic mass is 16.6. The second-order valence-corrected chi connectivity index (χ2v) is 6.87. The molecule has 0 spiro atoms. The van der Waals surface area contributed by atoms with Crippen LogP contribution in [0.1, 0.15) is 27.7 Å². The second kappa shape index (κ2) is 15.7. The molecule has 0 heterocycles. The largest absolute Gasteiger partial charge is 0.436 e. The number of rotatable bonds is 8. The van der Waals surface area contributed by atoms with Gasteiger partial charge in [0.05, 0.1) is 0 Å². The molecule has 2 aromatic carbocycles. The van der Waals surface area contributed by atoms with Crippen LogP contribution in [0.2, 0.25) is 0 Å². The van der Waals surface area contributed by atoms with E-state index in [2.05, 4.69) is 21.3 Å². The van der Waals surface area contributed by atoms with Crippen molar-refractivity contribution in [3.63, 3.8) is 0 Å². The first-order valence-corrected chi connectivity index (χ1v) is 10.9. The third-order valence-electron chi connectivity index (χ3n) is 4.05. The lowest BCUT2D eigenvalue weighted by Gasteiger charge is -2.13. The van der Waals surface area contributed by atoms with E-state index >= 15 is 0 Å². The van der Waals surface area contributed by atoms with Crippen molar-refractivity contribution >= 4 is 35.4 Å². The maximum atomic E-state index is 11.4. The minimum Gasteiger partial charge on any atom is -0.436 e. The van der Waals surface area contributed by atoms with Crippen molar-refractivity contribution in [2.75, 3.05) is 23.7 Å². The van der Waals surface area contributed by atoms with Gasteiger partial charge in [-0.25, -0.2) is 9.59 Å². The molecule has 0 aromatic heterocycles. The Bertz CT molecular complexity index is 833. The number of benzene rings is 2. The van der Waals surface area contributed by atoms with E-state index in [1.165, 1.54) is 13.8 Å². The number of nitrogens with one attached hydrogen (secondary N) is 4. The molecule has 0 aliphatic heterocycles. The summed E-state index contributed by atoms with van der Waals surface area (Å²) in [5.41, 5.74) is 1.25. The van der Waals surface area contributed by atoms with Gasteiger partial charge < -0.3 is 20.1 Å². The summed E-state index contributed by atoms with van der Waals surface area (Å²) in [6, 6.07) is 17.8. The summed E-state index contributed by atoms with van der Waals surface area (Å²) in [5.74, 6) is -0.619. The summed E-state index contributed by atoms with van der Waals surface area (Å²) in [6.07, 6.45) is -2.90. The molecule has 2 aromatic rings. The van der Waals surface area contributed by atoms with Crippen molar-refractivity contribution in [1.82, 2.24) is 10.6 Å². The molecule has 184 valence electrons. The molecule has 2 atom stereocenters. The lowest BCUT2D eigenvalue weighted by Crippen LogP contribution is -2.36. The molecule has 0 saturated carbocycles. The quantitative estimate of drug-likeness (QED) is 0.464. The van der Waals surface area contributed by atoms with Gasteiger partial charge in [-0.05, 0) is 52.0 Å². The van der Waals surface area contributed by atoms with Gasteiger partial charge in [0.15, 0.2) is 12.2 Å². The Morgan fingerprint density at radius 1 is 0.647 bits per heavy atom. The van der Waals surface area contributed by atoms with Gasteiger partial charge in [0.2, 0.25) is 0 Å². The van der Waals surface area contributed by atoms with Crippen LogP contribution in [0, 0.1) is 0 Å². The fraction of sp³-hybridized carbons (Fsp3) is 0.333. The highest BCUT2D eigenvalue weighted by molar-refractivity contribution is 5.89. The van der Waals surface area contributed by atoms with Gasteiger partial charge in [0.25, 0.3) is 11.8 Å². The number of ether oxygens (including phenoxy) is 2. The Hall–Kier alpha value is -4.08. The summed E-state index contributed by atoms with van der Waals surface area (Å²) in [4.78, 5) is 45.5. The smallest absolute Gasteiger partial charge is 0.412 e. The summed E-state index contributed by atoms with van der Waals surface area (Å²) in [7, 11) is 0. The molecular formula is C24H32N4O6. The molecule has 2 unspecified atom stereocenters. The third-order valence-corrected chi connectivity index (χ3v) is 4.05. The molecule has 2 rings (SSSR count). The third kappa shape index (κ3) is 11.5. The van der Waals surface area contributed by atoms with Crippen LogP contribution in [0.15, 0.2) is 60.7 Å². The Morgan fingerprint density at radius 2 is 0.971 bits per heavy atom. The maximum Gasteiger partial charge on any atom is 0.412 e. The van der Waals surface area contributed by atoms with Crippen molar-refractivity contribution in [3.8, 4) is 0 Å². The van der Waals surface area contributed by atoms with E-state index in [9.17, 15) is 19.2 Å². The van der Waals surface area contributed by atoms with Gasteiger partial charge >= 0.3 is 12.2 Å². The maximum absolute atomic E-state index is 11.4. The van der Waals surface area contributed by atoms with E-state index < -0.39 is 24.4 Å². The van der Waals surface area contributed by atoms with Crippen LogP contribution in [0.4, 0.5) is 21.0 Å². The van der Waals surface area contributed by atoms with Crippen LogP contribution in [0.3, 0.4) is 0 Å². The normalized spacial score (nSPS) is 11.4. The van der Waals surface area contributed by atoms with E-state index in [-0.39, 0.29) is 11.8 Å². The van der Waals surface area contributed by atoms with Gasteiger partial charge in [-0.3, -0.25) is 20.2 Å². The monoisotopic (exact) mass is 472 g/mol. The Balaban J connectivity index is 0.000000340. The SMILES string of the molecule is CCNC(=O)C(C)OC(=O)Nc1ccccc1.CCNC(=O)C(C)OC(=O)Nc1ccccc1. The predicted molar refractivity (Wildman–Crippen MR) is 129 cm³/mol. The Kier molecular flexibility index (Phi) is 12.9. The van der Waals surface area contributed by atoms with Crippen LogP contribution >= 0.6 is 0 Å². The molecule has 10 nitrogen and oxygen atoms in total. The molecule has 4 amide bonds. The van der Waals surface area contributed by atoms with E-state index in [1.54, 1.807) is 62.4 Å². The molecule has 0 bridgehead atoms. The average molecular weight is 473 g/mol. The minimum absolute atomic E-state index is 0.310. The van der Waals surface area contributed by atoms with Gasteiger partial charge in [-0.1, -0.05) is 36.4 Å². The summed E-state index contributed by atoms with van der Waals surface area (Å²) in [5, 5.41) is 10.2. The van der Waals surface area contributed by atoms with Gasteiger partial charge in [0, 0.05) is 24.5 Å². The van der Waals surface area contributed by atoms with Crippen LogP contribution in [0.25, 0.3) is 0 Å². The summed E-state index contributed by atoms with van der Waals surface area (Å²) >= 11 is 0. The van der Waals surface area contributed by atoms with Crippen LogP contribution < -0.4 is 21.3 Å². The lowest BCUT2D eigenvalue weighted by molar-refractivity contribution is -0.128. The lowest BCUT2D eigenvalue weighted by atomic mass is 10.3. The number of carbonyl (C=O) groups is 4. The minimum atomic E-state index is -0.807. The molecule has 0 aliphatic rings. The molecular weight excluding hydrogens is 440 g/mol. The number of hydrogen-bond acceptors (Lipinski definition) is 6. The number of para-hydroxylation sites is 2. The Morgan fingerprint density at radius 3 is 1.26 bits per heavy atom. The van der Waals surface area contributed by atoms with Gasteiger partial charge in [-0.15, -0.1) is 0 Å². The fourth-order valence-electron chi connectivity index (χ4n) is 2.40. The molecule has 0 aliphatic carbocycles. The molecule has 0 saturated heterocycles. The van der Waals surface area contributed by atoms with Crippen LogP contribution in [-0.4, -0.2) is 49.3 Å². The number of amides is 4. The molecule has 0 radical (unpaired) electrons. The zero-order valence-electron chi connectivity index (χ0n) is 19.8. The molecule has 0 fully saturated rings. The highest BCUT2D eigenvalue weighted by Crippen LogP contribution is 2.07.